The molecule has 1 heterocycles. The largest absolute Gasteiger partial charge is 0.463 e. The highest BCUT2D eigenvalue weighted by molar-refractivity contribution is 9.10. The minimum Gasteiger partial charge on any atom is -0.463 e. The third kappa shape index (κ3) is 7.21. The first-order valence-corrected chi connectivity index (χ1v) is 12.2. The van der Waals surface area contributed by atoms with Gasteiger partial charge in [-0.15, -0.1) is 0 Å². The summed E-state index contributed by atoms with van der Waals surface area (Å²) in [6.07, 6.45) is -18.6. The Morgan fingerprint density at radius 1 is 1.07 bits per heavy atom. The number of nitrogens with zero attached hydrogens (tertiary/aromatic N) is 3. The Labute approximate surface area is 233 Å². The summed E-state index contributed by atoms with van der Waals surface area (Å²) in [5.74, 6) is -3.17. The molecule has 224 valence electrons. The minimum atomic E-state index is -5.49. The Morgan fingerprint density at radius 2 is 1.65 bits per heavy atom. The van der Waals surface area contributed by atoms with Crippen LogP contribution in [0.2, 0.25) is 5.02 Å². The van der Waals surface area contributed by atoms with E-state index >= 15 is 0 Å². The maximum atomic E-state index is 13.8. The third-order valence-electron chi connectivity index (χ3n) is 5.02. The molecule has 2 rings (SSSR count). The summed E-state index contributed by atoms with van der Waals surface area (Å²) in [7, 11) is 0.773. The topological polar surface area (TPSA) is 73.7 Å². The summed E-state index contributed by atoms with van der Waals surface area (Å²) in [4.78, 5) is 29.4. The normalized spacial score (nSPS) is 13.5. The molecule has 40 heavy (non-hydrogen) atoms. The molecule has 1 aromatic carbocycles. The second-order valence-corrected chi connectivity index (χ2v) is 9.62. The lowest BCUT2D eigenvalue weighted by molar-refractivity contribution is -0.154. The quantitative estimate of drug-likeness (QED) is 0.170. The van der Waals surface area contributed by atoms with Gasteiger partial charge in [-0.1, -0.05) is 25.4 Å². The Balaban J connectivity index is 3.24. The lowest BCUT2D eigenvalue weighted by Crippen LogP contribution is -2.45. The van der Waals surface area contributed by atoms with Gasteiger partial charge in [0.25, 0.3) is 5.56 Å². The van der Waals surface area contributed by atoms with E-state index in [4.69, 9.17) is 21.1 Å². The molecule has 0 amide bonds. The van der Waals surface area contributed by atoms with E-state index in [-0.39, 0.29) is 23.6 Å². The van der Waals surface area contributed by atoms with E-state index < -0.39 is 86.7 Å². The molecule has 1 atom stereocenters. The van der Waals surface area contributed by atoms with Gasteiger partial charge in [-0.3, -0.25) is 14.3 Å². The van der Waals surface area contributed by atoms with Crippen molar-refractivity contribution in [3.8, 4) is 0 Å². The molecule has 0 aliphatic rings. The fourth-order valence-electron chi connectivity index (χ4n) is 3.44. The number of hydrogen-bond donors (Lipinski definition) is 0. The number of alkyl halides is 9. The van der Waals surface area contributed by atoms with Crippen LogP contribution in [-0.2, 0) is 39.3 Å². The van der Waals surface area contributed by atoms with Crippen LogP contribution in [0.3, 0.4) is 0 Å². The van der Waals surface area contributed by atoms with Crippen LogP contribution in [0.25, 0.3) is 0 Å². The molecule has 0 aliphatic carbocycles. The van der Waals surface area contributed by atoms with E-state index in [1.54, 1.807) is 0 Å². The average Bonchev–Trinajstić information content (AvgIpc) is 2.79. The van der Waals surface area contributed by atoms with Crippen LogP contribution in [0, 0.1) is 5.92 Å². The van der Waals surface area contributed by atoms with Crippen LogP contribution in [-0.4, -0.2) is 35.5 Å². The first-order valence-electron chi connectivity index (χ1n) is 11.0. The lowest BCUT2D eigenvalue weighted by Gasteiger charge is -2.34. The van der Waals surface area contributed by atoms with Crippen LogP contribution in [0.1, 0.15) is 37.6 Å². The highest BCUT2D eigenvalue weighted by atomic mass is 79.9. The van der Waals surface area contributed by atoms with Crippen molar-refractivity contribution in [3.63, 3.8) is 0 Å². The van der Waals surface area contributed by atoms with E-state index in [2.05, 4.69) is 20.9 Å². The standard InChI is InChI=1S/C22H20BrClF9N3O4/c1-5-40-18(38)17(39-4)36(12-7-10(20(25,26)27)6-11(14(12)24)21(28,29)30)19-34-15(22(31,32)33)13(23)16(37)35(19)8-9(2)3/h6-7,9,17H,5,8H2,1-4H3. The van der Waals surface area contributed by atoms with Crippen molar-refractivity contribution < 1.29 is 53.8 Å². The molecule has 0 aliphatic heterocycles. The van der Waals surface area contributed by atoms with E-state index in [9.17, 15) is 49.1 Å². The average molecular weight is 677 g/mol. The van der Waals surface area contributed by atoms with Crippen molar-refractivity contribution in [2.75, 3.05) is 18.6 Å². The predicted octanol–water partition coefficient (Wildman–Crippen LogP) is 7.05. The van der Waals surface area contributed by atoms with Crippen LogP contribution in [0.5, 0.6) is 0 Å². The Morgan fingerprint density at radius 3 is 2.08 bits per heavy atom. The van der Waals surface area contributed by atoms with Gasteiger partial charge in [-0.2, -0.15) is 39.5 Å². The van der Waals surface area contributed by atoms with E-state index in [1.807, 2.05) is 0 Å². The second-order valence-electron chi connectivity index (χ2n) is 8.44. The highest BCUT2D eigenvalue weighted by Crippen LogP contribution is 2.46. The first kappa shape index (κ1) is 33.7. The van der Waals surface area contributed by atoms with Crippen molar-refractivity contribution in [2.24, 2.45) is 5.92 Å². The molecule has 0 radical (unpaired) electrons. The Bertz CT molecular complexity index is 1310. The maximum absolute atomic E-state index is 13.8. The summed E-state index contributed by atoms with van der Waals surface area (Å²) in [5, 5.41) is -1.45. The second kappa shape index (κ2) is 12.1. The van der Waals surface area contributed by atoms with Gasteiger partial charge in [0.05, 0.1) is 28.4 Å². The van der Waals surface area contributed by atoms with Gasteiger partial charge in [-0.05, 0) is 40.9 Å². The van der Waals surface area contributed by atoms with Gasteiger partial charge in [0.2, 0.25) is 12.2 Å². The minimum absolute atomic E-state index is 0.0595. The number of rotatable bonds is 8. The SMILES string of the molecule is CCOC(=O)C(OC)N(c1cc(C(F)(F)F)cc(C(F)(F)F)c1Cl)c1nc(C(F)(F)F)c(Br)c(=O)n1CC(C)C. The number of esters is 1. The van der Waals surface area contributed by atoms with Crippen molar-refractivity contribution >= 4 is 45.1 Å². The first-order chi connectivity index (χ1) is 18.2. The van der Waals surface area contributed by atoms with Crippen LogP contribution in [0.15, 0.2) is 21.4 Å². The molecule has 0 N–H and O–H groups in total. The zero-order chi connectivity index (χ0) is 31.0. The van der Waals surface area contributed by atoms with Gasteiger partial charge in [-0.25, -0.2) is 9.78 Å². The van der Waals surface area contributed by atoms with Gasteiger partial charge < -0.3 is 9.47 Å². The number of benzene rings is 1. The zero-order valence-corrected chi connectivity index (χ0v) is 23.2. The van der Waals surface area contributed by atoms with E-state index in [1.165, 1.54) is 20.8 Å². The van der Waals surface area contributed by atoms with Crippen LogP contribution in [0.4, 0.5) is 51.1 Å². The van der Waals surface area contributed by atoms with Crippen molar-refractivity contribution in [2.45, 2.75) is 52.1 Å². The number of carbonyl (C=O) groups excluding carboxylic acids is 1. The van der Waals surface area contributed by atoms with Gasteiger partial charge in [0, 0.05) is 13.7 Å². The highest BCUT2D eigenvalue weighted by Gasteiger charge is 2.44. The number of ether oxygens (including phenoxy) is 2. The molecule has 0 fully saturated rings. The number of carbonyl (C=O) groups is 1. The molecular formula is C22H20BrClF9N3O4. The van der Waals surface area contributed by atoms with Crippen LogP contribution < -0.4 is 10.5 Å². The number of aromatic nitrogens is 2. The molecular weight excluding hydrogens is 657 g/mol. The molecule has 0 saturated heterocycles. The Kier molecular flexibility index (Phi) is 10.2. The van der Waals surface area contributed by atoms with E-state index in [0.717, 1.165) is 7.11 Å². The molecule has 1 aromatic heterocycles. The van der Waals surface area contributed by atoms with Crippen molar-refractivity contribution in [1.82, 2.24) is 9.55 Å². The van der Waals surface area contributed by atoms with Crippen molar-refractivity contribution in [3.05, 3.63) is 48.8 Å². The molecule has 7 nitrogen and oxygen atoms in total. The molecule has 0 saturated carbocycles. The zero-order valence-electron chi connectivity index (χ0n) is 20.9. The predicted molar refractivity (Wildman–Crippen MR) is 127 cm³/mol. The fourth-order valence-corrected chi connectivity index (χ4v) is 4.27. The summed E-state index contributed by atoms with van der Waals surface area (Å²) < 4.78 is 133. The number of anilines is 2. The Hall–Kier alpha value is -2.53. The number of methoxy groups -OCH3 is 1. The monoisotopic (exact) mass is 675 g/mol. The molecule has 1 unspecified atom stereocenters. The fraction of sp³-hybridized carbons (Fsp3) is 0.500. The smallest absolute Gasteiger partial charge is 0.434 e. The summed E-state index contributed by atoms with van der Waals surface area (Å²) in [5.41, 5.74) is -8.53. The van der Waals surface area contributed by atoms with E-state index in [0.29, 0.717) is 4.57 Å². The molecule has 0 spiro atoms. The van der Waals surface area contributed by atoms with Gasteiger partial charge >= 0.3 is 24.5 Å². The number of hydrogen-bond acceptors (Lipinski definition) is 6. The summed E-state index contributed by atoms with van der Waals surface area (Å²) >= 11 is 8.43. The summed E-state index contributed by atoms with van der Waals surface area (Å²) in [6.45, 7) is 3.48. The van der Waals surface area contributed by atoms with Crippen LogP contribution >= 0.6 is 27.5 Å². The van der Waals surface area contributed by atoms with Gasteiger partial charge in [0.1, 0.15) is 4.47 Å². The number of halogens is 11. The molecule has 2 aromatic rings. The third-order valence-corrected chi connectivity index (χ3v) is 6.13. The lowest BCUT2D eigenvalue weighted by atomic mass is 10.1. The van der Waals surface area contributed by atoms with Gasteiger partial charge in [0.15, 0.2) is 5.69 Å². The molecule has 0 bridgehead atoms. The molecule has 18 heteroatoms. The van der Waals surface area contributed by atoms with Crippen molar-refractivity contribution in [1.29, 1.82) is 0 Å². The summed E-state index contributed by atoms with van der Waals surface area (Å²) in [6, 6.07) is -0.252. The maximum Gasteiger partial charge on any atom is 0.434 e.